The van der Waals surface area contributed by atoms with Gasteiger partial charge in [-0.2, -0.15) is 0 Å². The molecular formula is C19H26N6O2. The Morgan fingerprint density at radius 1 is 1.33 bits per heavy atom. The third kappa shape index (κ3) is 5.92. The molecule has 144 valence electrons. The van der Waals surface area contributed by atoms with Crippen LogP contribution in [0.2, 0.25) is 0 Å². The normalized spacial score (nSPS) is 11.0. The van der Waals surface area contributed by atoms with Gasteiger partial charge in [0.2, 0.25) is 0 Å². The highest BCUT2D eigenvalue weighted by Gasteiger charge is 2.07. The molecule has 1 aromatic carbocycles. The van der Waals surface area contributed by atoms with E-state index in [2.05, 4.69) is 38.7 Å². The number of terminal acetylenes is 1. The van der Waals surface area contributed by atoms with E-state index < -0.39 is 0 Å². The summed E-state index contributed by atoms with van der Waals surface area (Å²) in [6.07, 6.45) is 7.86. The maximum absolute atomic E-state index is 5.53. The number of methoxy groups -OCH3 is 1. The number of nitrogens with one attached hydrogen (secondary N) is 2. The monoisotopic (exact) mass is 370 g/mol. The van der Waals surface area contributed by atoms with Crippen molar-refractivity contribution in [1.29, 1.82) is 0 Å². The van der Waals surface area contributed by atoms with Gasteiger partial charge in [0.15, 0.2) is 17.5 Å². The minimum Gasteiger partial charge on any atom is -0.493 e. The Kier molecular flexibility index (Phi) is 7.97. The summed E-state index contributed by atoms with van der Waals surface area (Å²) in [5.74, 6) is 5.41. The Morgan fingerprint density at radius 3 is 2.89 bits per heavy atom. The molecule has 2 aromatic rings. The van der Waals surface area contributed by atoms with E-state index in [1.807, 2.05) is 22.8 Å². The van der Waals surface area contributed by atoms with Crippen LogP contribution < -0.4 is 20.1 Å². The summed E-state index contributed by atoms with van der Waals surface area (Å²) in [5, 5.41) is 14.6. The zero-order valence-corrected chi connectivity index (χ0v) is 16.0. The topological polar surface area (TPSA) is 85.6 Å². The number of benzene rings is 1. The average Bonchev–Trinajstić information content (AvgIpc) is 3.16. The second-order valence-corrected chi connectivity index (χ2v) is 5.62. The molecular weight excluding hydrogens is 344 g/mol. The number of guanidine groups is 1. The Bertz CT molecular complexity index is 794. The van der Waals surface area contributed by atoms with Crippen molar-refractivity contribution >= 4 is 5.96 Å². The number of nitrogens with zero attached hydrogens (tertiary/aromatic N) is 4. The predicted octanol–water partition coefficient (Wildman–Crippen LogP) is 1.23. The molecule has 0 fully saturated rings. The van der Waals surface area contributed by atoms with E-state index in [0.29, 0.717) is 30.5 Å². The quantitative estimate of drug-likeness (QED) is 0.392. The SMILES string of the molecule is C#CCOc1cc(CNC(=NC)NCCn2cnnc2CC)ccc1OC. The van der Waals surface area contributed by atoms with Crippen LogP contribution in [0.4, 0.5) is 0 Å². The first-order chi connectivity index (χ1) is 13.2. The van der Waals surface area contributed by atoms with E-state index in [9.17, 15) is 0 Å². The van der Waals surface area contributed by atoms with Gasteiger partial charge in [0.1, 0.15) is 18.8 Å². The minimum atomic E-state index is 0.194. The summed E-state index contributed by atoms with van der Waals surface area (Å²) in [7, 11) is 3.34. The molecule has 0 saturated carbocycles. The zero-order chi connectivity index (χ0) is 19.5. The maximum Gasteiger partial charge on any atom is 0.191 e. The molecule has 0 unspecified atom stereocenters. The molecule has 0 aliphatic rings. The van der Waals surface area contributed by atoms with Crippen LogP contribution in [0, 0.1) is 12.3 Å². The molecule has 0 aliphatic carbocycles. The van der Waals surface area contributed by atoms with Crippen molar-refractivity contribution < 1.29 is 9.47 Å². The summed E-state index contributed by atoms with van der Waals surface area (Å²) in [6.45, 7) is 4.32. The standard InChI is InChI=1S/C19H26N6O2/c1-5-11-27-17-12-15(7-8-16(17)26-4)13-22-19(20-3)21-9-10-25-14-23-24-18(25)6-2/h1,7-8,12,14H,6,9-11,13H2,2-4H3,(H2,20,21,22). The molecule has 0 radical (unpaired) electrons. The van der Waals surface area contributed by atoms with Crippen LogP contribution in [0.5, 0.6) is 11.5 Å². The molecule has 27 heavy (non-hydrogen) atoms. The van der Waals surface area contributed by atoms with Gasteiger partial charge in [-0.1, -0.05) is 18.9 Å². The lowest BCUT2D eigenvalue weighted by Crippen LogP contribution is -2.38. The molecule has 0 amide bonds. The first kappa shape index (κ1) is 20.1. The van der Waals surface area contributed by atoms with Crippen molar-refractivity contribution in [2.24, 2.45) is 4.99 Å². The zero-order valence-electron chi connectivity index (χ0n) is 16.0. The fourth-order valence-electron chi connectivity index (χ4n) is 2.50. The minimum absolute atomic E-state index is 0.194. The number of rotatable bonds is 9. The van der Waals surface area contributed by atoms with Gasteiger partial charge >= 0.3 is 0 Å². The molecule has 8 heteroatoms. The van der Waals surface area contributed by atoms with Crippen LogP contribution in [-0.2, 0) is 19.5 Å². The second-order valence-electron chi connectivity index (χ2n) is 5.62. The van der Waals surface area contributed by atoms with Crippen molar-refractivity contribution in [1.82, 2.24) is 25.4 Å². The summed E-state index contributed by atoms with van der Waals surface area (Å²) in [4.78, 5) is 4.24. The van der Waals surface area contributed by atoms with E-state index in [1.54, 1.807) is 20.5 Å². The number of aryl methyl sites for hydroxylation is 1. The van der Waals surface area contributed by atoms with E-state index in [4.69, 9.17) is 15.9 Å². The van der Waals surface area contributed by atoms with Gasteiger partial charge in [-0.15, -0.1) is 16.6 Å². The van der Waals surface area contributed by atoms with Gasteiger partial charge < -0.3 is 24.7 Å². The Morgan fingerprint density at radius 2 is 2.19 bits per heavy atom. The van der Waals surface area contributed by atoms with Gasteiger partial charge in [0.25, 0.3) is 0 Å². The highest BCUT2D eigenvalue weighted by molar-refractivity contribution is 5.79. The van der Waals surface area contributed by atoms with E-state index in [0.717, 1.165) is 24.4 Å². The average molecular weight is 370 g/mol. The van der Waals surface area contributed by atoms with Crippen molar-refractivity contribution in [3.63, 3.8) is 0 Å². The van der Waals surface area contributed by atoms with Crippen molar-refractivity contribution in [3.05, 3.63) is 35.9 Å². The molecule has 2 N–H and O–H groups in total. The molecule has 0 spiro atoms. The highest BCUT2D eigenvalue weighted by Crippen LogP contribution is 2.27. The molecule has 2 rings (SSSR count). The predicted molar refractivity (Wildman–Crippen MR) is 105 cm³/mol. The van der Waals surface area contributed by atoms with Gasteiger partial charge in [-0.05, 0) is 17.7 Å². The fourth-order valence-corrected chi connectivity index (χ4v) is 2.50. The summed E-state index contributed by atoms with van der Waals surface area (Å²) in [6, 6.07) is 5.73. The van der Waals surface area contributed by atoms with Gasteiger partial charge in [-0.3, -0.25) is 4.99 Å². The molecule has 1 heterocycles. The van der Waals surface area contributed by atoms with Crippen molar-refractivity contribution in [2.45, 2.75) is 26.4 Å². The third-order valence-electron chi connectivity index (χ3n) is 3.88. The van der Waals surface area contributed by atoms with Crippen LogP contribution in [0.25, 0.3) is 0 Å². The van der Waals surface area contributed by atoms with Crippen LogP contribution in [0.3, 0.4) is 0 Å². The van der Waals surface area contributed by atoms with E-state index in [1.165, 1.54) is 0 Å². The van der Waals surface area contributed by atoms with Crippen molar-refractivity contribution in [2.75, 3.05) is 27.3 Å². The molecule has 0 saturated heterocycles. The van der Waals surface area contributed by atoms with Crippen LogP contribution in [0.1, 0.15) is 18.3 Å². The smallest absolute Gasteiger partial charge is 0.191 e. The molecule has 0 atom stereocenters. The maximum atomic E-state index is 5.53. The first-order valence-electron chi connectivity index (χ1n) is 8.76. The second kappa shape index (κ2) is 10.7. The lowest BCUT2D eigenvalue weighted by Gasteiger charge is -2.14. The summed E-state index contributed by atoms with van der Waals surface area (Å²) >= 11 is 0. The van der Waals surface area contributed by atoms with E-state index >= 15 is 0 Å². The van der Waals surface area contributed by atoms with Crippen LogP contribution in [0.15, 0.2) is 29.5 Å². The van der Waals surface area contributed by atoms with Gasteiger partial charge in [0.05, 0.1) is 7.11 Å². The van der Waals surface area contributed by atoms with Gasteiger partial charge in [-0.25, -0.2) is 0 Å². The van der Waals surface area contributed by atoms with Gasteiger partial charge in [0, 0.05) is 33.1 Å². The lowest BCUT2D eigenvalue weighted by atomic mass is 10.2. The molecule has 1 aromatic heterocycles. The lowest BCUT2D eigenvalue weighted by molar-refractivity contribution is 0.330. The number of ether oxygens (including phenoxy) is 2. The fraction of sp³-hybridized carbons (Fsp3) is 0.421. The Labute approximate surface area is 160 Å². The van der Waals surface area contributed by atoms with Crippen molar-refractivity contribution in [3.8, 4) is 23.8 Å². The number of aliphatic imine (C=N–C) groups is 1. The largest absolute Gasteiger partial charge is 0.493 e. The summed E-state index contributed by atoms with van der Waals surface area (Å²) in [5.41, 5.74) is 1.03. The summed E-state index contributed by atoms with van der Waals surface area (Å²) < 4.78 is 12.8. The Hall–Kier alpha value is -3.21. The number of hydrogen-bond acceptors (Lipinski definition) is 5. The molecule has 8 nitrogen and oxygen atoms in total. The number of aromatic nitrogens is 3. The number of hydrogen-bond donors (Lipinski definition) is 2. The van der Waals surface area contributed by atoms with E-state index in [-0.39, 0.29) is 6.61 Å². The Balaban J connectivity index is 1.87. The van der Waals surface area contributed by atoms with Crippen LogP contribution >= 0.6 is 0 Å². The molecule has 0 bridgehead atoms. The van der Waals surface area contributed by atoms with Crippen LogP contribution in [-0.4, -0.2) is 48.0 Å². The molecule has 0 aliphatic heterocycles. The first-order valence-corrected chi connectivity index (χ1v) is 8.76. The highest BCUT2D eigenvalue weighted by atomic mass is 16.5. The third-order valence-corrected chi connectivity index (χ3v) is 3.88.